The summed E-state index contributed by atoms with van der Waals surface area (Å²) in [5, 5.41) is 3.14. The van der Waals surface area contributed by atoms with E-state index in [9.17, 15) is 0 Å². The minimum atomic E-state index is -3.84. The van der Waals surface area contributed by atoms with Crippen molar-refractivity contribution in [2.75, 3.05) is 0 Å². The molecule has 0 saturated heterocycles. The van der Waals surface area contributed by atoms with E-state index in [1.54, 1.807) is 0 Å². The number of aliphatic imine (C=N–C) groups is 1. The number of nitrogens with zero attached hydrogens (tertiary/aromatic N) is 1. The summed E-state index contributed by atoms with van der Waals surface area (Å²) in [6.45, 7) is 0. The normalized spacial score (nSPS) is 13.9. The molecule has 0 radical (unpaired) electrons. The van der Waals surface area contributed by atoms with Gasteiger partial charge in [0.05, 0.1) is 0 Å². The molecule has 32 heavy (non-hydrogen) atoms. The van der Waals surface area contributed by atoms with E-state index in [0.717, 1.165) is 21.5 Å². The van der Waals surface area contributed by atoms with Crippen LogP contribution in [0.15, 0.2) is 137 Å². The standard InChI is InChI=1S/C27H21Cl3NP/c28-21-26(31-27(29)22-13-5-1-6-14-22)32(30,23-15-7-2-8-16-23,24-17-9-3-10-18-24)25-19-11-4-12-20-25/h1-21H/b26-21+,31-27-. The van der Waals surface area contributed by atoms with Gasteiger partial charge in [-0.3, -0.25) is 0 Å². The maximum atomic E-state index is 8.08. The van der Waals surface area contributed by atoms with Crippen LogP contribution in [-0.4, -0.2) is 5.17 Å². The average Bonchev–Trinajstić information content (AvgIpc) is 2.89. The fourth-order valence-corrected chi connectivity index (χ4v) is 10.6. The first-order valence-corrected chi connectivity index (χ1v) is 14.1. The number of hydrogen-bond donors (Lipinski definition) is 0. The molecule has 0 aromatic heterocycles. The van der Waals surface area contributed by atoms with Crippen molar-refractivity contribution in [1.82, 2.24) is 0 Å². The van der Waals surface area contributed by atoms with Gasteiger partial charge in [0.1, 0.15) is 0 Å². The van der Waals surface area contributed by atoms with E-state index in [1.807, 2.05) is 121 Å². The molecular formula is C27H21Cl3NP. The van der Waals surface area contributed by atoms with Crippen molar-refractivity contribution in [3.8, 4) is 0 Å². The Kier molecular flexibility index (Phi) is 6.84. The quantitative estimate of drug-likeness (QED) is 0.195. The van der Waals surface area contributed by atoms with Crippen LogP contribution in [0.25, 0.3) is 0 Å². The third-order valence-corrected chi connectivity index (χ3v) is 13.3. The molecule has 160 valence electrons. The van der Waals surface area contributed by atoms with Crippen LogP contribution in [0.5, 0.6) is 0 Å². The van der Waals surface area contributed by atoms with E-state index in [2.05, 4.69) is 0 Å². The van der Waals surface area contributed by atoms with Crippen LogP contribution in [0.1, 0.15) is 5.56 Å². The molecule has 0 aliphatic rings. The fraction of sp³-hybridized carbons (Fsp3) is 0. The molecule has 0 atom stereocenters. The van der Waals surface area contributed by atoms with Crippen molar-refractivity contribution < 1.29 is 0 Å². The van der Waals surface area contributed by atoms with Crippen LogP contribution in [0.4, 0.5) is 0 Å². The summed E-state index contributed by atoms with van der Waals surface area (Å²) in [5.41, 5.74) is 2.79. The van der Waals surface area contributed by atoms with Crippen molar-refractivity contribution in [2.45, 2.75) is 0 Å². The SMILES string of the molecule is Cl/C=C(\N=C(/Cl)c1ccccc1)P(Cl)(c1ccccc1)(c1ccccc1)c1ccccc1. The van der Waals surface area contributed by atoms with Gasteiger partial charge in [-0.2, -0.15) is 0 Å². The monoisotopic (exact) mass is 495 g/mol. The van der Waals surface area contributed by atoms with E-state index in [-0.39, 0.29) is 0 Å². The van der Waals surface area contributed by atoms with Crippen molar-refractivity contribution >= 4 is 61.5 Å². The van der Waals surface area contributed by atoms with Crippen molar-refractivity contribution in [1.29, 1.82) is 0 Å². The Balaban J connectivity index is 2.13. The molecule has 0 aliphatic heterocycles. The summed E-state index contributed by atoms with van der Waals surface area (Å²) in [5.74, 6) is -3.84. The van der Waals surface area contributed by atoms with Gasteiger partial charge in [0.15, 0.2) is 0 Å². The summed E-state index contributed by atoms with van der Waals surface area (Å²) in [7, 11) is 0. The molecule has 0 aliphatic carbocycles. The molecule has 5 heteroatoms. The first-order valence-electron chi connectivity index (χ1n) is 10.1. The molecule has 0 heterocycles. The molecule has 0 fully saturated rings. The first kappa shape index (κ1) is 22.8. The van der Waals surface area contributed by atoms with Crippen molar-refractivity contribution in [2.24, 2.45) is 4.99 Å². The Morgan fingerprint density at radius 3 is 1.28 bits per heavy atom. The fourth-order valence-electron chi connectivity index (χ4n) is 3.92. The van der Waals surface area contributed by atoms with Gasteiger partial charge in [-0.15, -0.1) is 0 Å². The molecular weight excluding hydrogens is 476 g/mol. The molecule has 4 aromatic rings. The summed E-state index contributed by atoms with van der Waals surface area (Å²) in [6.07, 6.45) is 0. The molecule has 0 N–H and O–H groups in total. The predicted octanol–water partition coefficient (Wildman–Crippen LogP) is 7.39. The predicted molar refractivity (Wildman–Crippen MR) is 144 cm³/mol. The molecule has 4 aromatic carbocycles. The van der Waals surface area contributed by atoms with Gasteiger partial charge >= 0.3 is 204 Å². The Morgan fingerprint density at radius 1 is 0.594 bits per heavy atom. The summed E-state index contributed by atoms with van der Waals surface area (Å²) in [6, 6.07) is 39.7. The zero-order valence-corrected chi connectivity index (χ0v) is 20.3. The van der Waals surface area contributed by atoms with Gasteiger partial charge in [-0.05, 0) is 0 Å². The van der Waals surface area contributed by atoms with Gasteiger partial charge in [-0.1, -0.05) is 0 Å². The summed E-state index contributed by atoms with van der Waals surface area (Å²) in [4.78, 5) is 4.88. The number of hydrogen-bond acceptors (Lipinski definition) is 1. The van der Waals surface area contributed by atoms with Crippen LogP contribution < -0.4 is 15.9 Å². The zero-order chi connectivity index (χ0) is 22.5. The Labute approximate surface area is 203 Å². The molecule has 1 nitrogen and oxygen atoms in total. The number of halogens is 3. The second-order valence-electron chi connectivity index (χ2n) is 7.25. The molecule has 0 saturated carbocycles. The summed E-state index contributed by atoms with van der Waals surface area (Å²) < 4.78 is 0. The molecule has 4 rings (SSSR count). The van der Waals surface area contributed by atoms with Crippen molar-refractivity contribution in [3.05, 3.63) is 138 Å². The molecule has 0 amide bonds. The van der Waals surface area contributed by atoms with Gasteiger partial charge in [0, 0.05) is 0 Å². The van der Waals surface area contributed by atoms with E-state index in [0.29, 0.717) is 10.6 Å². The Bertz CT molecular complexity index is 1140. The third kappa shape index (κ3) is 3.81. The zero-order valence-electron chi connectivity index (χ0n) is 17.2. The number of benzene rings is 4. The molecule has 0 bridgehead atoms. The van der Waals surface area contributed by atoms with Gasteiger partial charge < -0.3 is 0 Å². The maximum absolute atomic E-state index is 8.08. The first-order chi connectivity index (χ1) is 15.6. The summed E-state index contributed by atoms with van der Waals surface area (Å²) >= 11 is 21.3. The van der Waals surface area contributed by atoms with Gasteiger partial charge in [0.2, 0.25) is 0 Å². The van der Waals surface area contributed by atoms with E-state index < -0.39 is 5.96 Å². The van der Waals surface area contributed by atoms with Crippen LogP contribution in [0.2, 0.25) is 0 Å². The van der Waals surface area contributed by atoms with Gasteiger partial charge in [-0.25, -0.2) is 0 Å². The average molecular weight is 497 g/mol. The molecule has 0 spiro atoms. The van der Waals surface area contributed by atoms with Crippen LogP contribution >= 0.6 is 40.4 Å². The van der Waals surface area contributed by atoms with Crippen LogP contribution in [0, 0.1) is 0 Å². The minimum absolute atomic E-state index is 0.329. The van der Waals surface area contributed by atoms with E-state index in [4.69, 9.17) is 39.4 Å². The topological polar surface area (TPSA) is 12.4 Å². The van der Waals surface area contributed by atoms with Crippen LogP contribution in [-0.2, 0) is 0 Å². The Morgan fingerprint density at radius 2 is 0.938 bits per heavy atom. The van der Waals surface area contributed by atoms with E-state index in [1.165, 1.54) is 5.54 Å². The number of rotatable bonds is 6. The van der Waals surface area contributed by atoms with Crippen LogP contribution in [0.3, 0.4) is 0 Å². The third-order valence-electron chi connectivity index (χ3n) is 5.48. The second-order valence-corrected chi connectivity index (χ2v) is 13.9. The van der Waals surface area contributed by atoms with Gasteiger partial charge in [0.25, 0.3) is 0 Å². The van der Waals surface area contributed by atoms with Crippen molar-refractivity contribution in [3.63, 3.8) is 0 Å². The molecule has 0 unspecified atom stereocenters. The second kappa shape index (κ2) is 9.61. The Hall–Kier alpha value is -2.41. The van der Waals surface area contributed by atoms with E-state index >= 15 is 0 Å².